The van der Waals surface area contributed by atoms with E-state index in [4.69, 9.17) is 21.3 Å². The number of fused-ring (bicyclic) bond motifs is 1. The summed E-state index contributed by atoms with van der Waals surface area (Å²) in [5, 5.41) is 1.64. The minimum absolute atomic E-state index is 0.368. The maximum absolute atomic E-state index is 6.43. The maximum Gasteiger partial charge on any atom is 0.187 e. The van der Waals surface area contributed by atoms with Crippen molar-refractivity contribution in [1.29, 1.82) is 0 Å². The molecule has 1 fully saturated rings. The Balaban J connectivity index is 1.44. The lowest BCUT2D eigenvalue weighted by atomic mass is 10.1. The van der Waals surface area contributed by atoms with Crippen LogP contribution in [0.25, 0.3) is 0 Å². The lowest BCUT2D eigenvalue weighted by molar-refractivity contribution is 0.122. The molecule has 0 saturated carbocycles. The van der Waals surface area contributed by atoms with Crippen molar-refractivity contribution in [3.8, 4) is 0 Å². The number of rotatable bonds is 4. The SMILES string of the molecule is CC(C)c1ncc2c(n1)CCN(Cc1sc(N3CCOCC3)nc1Cl)C2. The maximum atomic E-state index is 6.43. The summed E-state index contributed by atoms with van der Waals surface area (Å²) in [7, 11) is 0. The molecule has 0 aromatic carbocycles. The standard InChI is InChI=1S/C18H24ClN5OS/c1-12(2)17-20-9-13-10-23(4-3-14(13)21-17)11-15-16(19)22-18(26-15)24-5-7-25-8-6-24/h9,12H,3-8,10-11H2,1-2H3. The molecule has 0 amide bonds. The monoisotopic (exact) mass is 393 g/mol. The van der Waals surface area contributed by atoms with Gasteiger partial charge in [-0.05, 0) is 0 Å². The van der Waals surface area contributed by atoms with Crippen LogP contribution in [0.5, 0.6) is 0 Å². The lowest BCUT2D eigenvalue weighted by Gasteiger charge is -2.28. The molecule has 8 heteroatoms. The van der Waals surface area contributed by atoms with Crippen LogP contribution >= 0.6 is 22.9 Å². The average molecular weight is 394 g/mol. The zero-order chi connectivity index (χ0) is 18.1. The predicted molar refractivity (Wildman–Crippen MR) is 104 cm³/mol. The van der Waals surface area contributed by atoms with Crippen molar-refractivity contribution in [2.24, 2.45) is 0 Å². The molecule has 0 radical (unpaired) electrons. The van der Waals surface area contributed by atoms with Crippen molar-refractivity contribution in [2.45, 2.75) is 39.3 Å². The topological polar surface area (TPSA) is 54.4 Å². The molecule has 2 aliphatic rings. The van der Waals surface area contributed by atoms with Crippen molar-refractivity contribution in [1.82, 2.24) is 19.9 Å². The summed E-state index contributed by atoms with van der Waals surface area (Å²) in [4.78, 5) is 19.6. The van der Waals surface area contributed by atoms with E-state index in [0.717, 1.165) is 68.2 Å². The summed E-state index contributed by atoms with van der Waals surface area (Å²) in [5.74, 6) is 1.31. The van der Waals surface area contributed by atoms with E-state index in [2.05, 4.69) is 33.6 Å². The van der Waals surface area contributed by atoms with Crippen LogP contribution in [0.1, 0.15) is 41.7 Å². The minimum Gasteiger partial charge on any atom is -0.378 e. The van der Waals surface area contributed by atoms with Crippen LogP contribution in [0.4, 0.5) is 5.13 Å². The molecule has 26 heavy (non-hydrogen) atoms. The first-order valence-electron chi connectivity index (χ1n) is 9.15. The predicted octanol–water partition coefficient (Wildman–Crippen LogP) is 3.10. The molecule has 140 valence electrons. The van der Waals surface area contributed by atoms with E-state index in [1.165, 1.54) is 11.3 Å². The third-order valence-corrected chi connectivity index (χ3v) is 6.36. The van der Waals surface area contributed by atoms with Gasteiger partial charge in [-0.25, -0.2) is 15.0 Å². The zero-order valence-electron chi connectivity index (χ0n) is 15.2. The van der Waals surface area contributed by atoms with Gasteiger partial charge in [0.25, 0.3) is 0 Å². The number of hydrogen-bond donors (Lipinski definition) is 0. The molecular weight excluding hydrogens is 370 g/mol. The Morgan fingerprint density at radius 1 is 1.23 bits per heavy atom. The van der Waals surface area contributed by atoms with Gasteiger partial charge in [0.15, 0.2) is 5.13 Å². The van der Waals surface area contributed by atoms with E-state index in [0.29, 0.717) is 11.1 Å². The van der Waals surface area contributed by atoms with E-state index in [1.807, 2.05) is 6.20 Å². The second-order valence-electron chi connectivity index (χ2n) is 7.13. The molecule has 4 heterocycles. The number of thiazole rings is 1. The van der Waals surface area contributed by atoms with Crippen molar-refractivity contribution < 1.29 is 4.74 Å². The van der Waals surface area contributed by atoms with Gasteiger partial charge in [0.1, 0.15) is 11.0 Å². The highest BCUT2D eigenvalue weighted by Crippen LogP contribution is 2.32. The third kappa shape index (κ3) is 3.86. The summed E-state index contributed by atoms with van der Waals surface area (Å²) in [5.41, 5.74) is 2.43. The van der Waals surface area contributed by atoms with Crippen LogP contribution in [-0.2, 0) is 24.2 Å². The lowest BCUT2D eigenvalue weighted by Crippen LogP contribution is -2.36. The quantitative estimate of drug-likeness (QED) is 0.795. The van der Waals surface area contributed by atoms with Gasteiger partial charge in [0.2, 0.25) is 0 Å². The first kappa shape index (κ1) is 18.1. The molecule has 0 spiro atoms. The van der Waals surface area contributed by atoms with Crippen LogP contribution in [0.15, 0.2) is 6.20 Å². The number of ether oxygens (including phenoxy) is 1. The molecule has 0 bridgehead atoms. The Morgan fingerprint density at radius 2 is 2.04 bits per heavy atom. The van der Waals surface area contributed by atoms with Gasteiger partial charge in [-0.3, -0.25) is 4.90 Å². The molecule has 0 unspecified atom stereocenters. The Bertz CT molecular complexity index is 775. The van der Waals surface area contributed by atoms with Crippen LogP contribution in [0.3, 0.4) is 0 Å². The van der Waals surface area contributed by atoms with Gasteiger partial charge in [-0.15, -0.1) is 0 Å². The van der Waals surface area contributed by atoms with Gasteiger partial charge in [0, 0.05) is 62.5 Å². The Morgan fingerprint density at radius 3 is 2.81 bits per heavy atom. The van der Waals surface area contributed by atoms with Crippen molar-refractivity contribution in [2.75, 3.05) is 37.7 Å². The fourth-order valence-electron chi connectivity index (χ4n) is 3.32. The molecule has 2 aromatic heterocycles. The molecule has 1 saturated heterocycles. The number of hydrogen-bond acceptors (Lipinski definition) is 7. The normalized spacial score (nSPS) is 18.4. The Kier molecular flexibility index (Phi) is 5.40. The Labute approximate surface area is 163 Å². The minimum atomic E-state index is 0.368. The number of anilines is 1. The molecule has 6 nitrogen and oxygen atoms in total. The van der Waals surface area contributed by atoms with Crippen LogP contribution in [-0.4, -0.2) is 52.7 Å². The molecule has 0 atom stereocenters. The van der Waals surface area contributed by atoms with E-state index in [-0.39, 0.29) is 0 Å². The van der Waals surface area contributed by atoms with Crippen LogP contribution in [0.2, 0.25) is 5.15 Å². The number of aromatic nitrogens is 3. The van der Waals surface area contributed by atoms with Crippen molar-refractivity contribution in [3.05, 3.63) is 33.3 Å². The van der Waals surface area contributed by atoms with Crippen LogP contribution < -0.4 is 4.90 Å². The third-order valence-electron chi connectivity index (χ3n) is 4.84. The highest BCUT2D eigenvalue weighted by Gasteiger charge is 2.23. The number of nitrogens with zero attached hydrogens (tertiary/aromatic N) is 5. The van der Waals surface area contributed by atoms with E-state index in [1.54, 1.807) is 11.3 Å². The first-order chi connectivity index (χ1) is 12.6. The van der Waals surface area contributed by atoms with Crippen molar-refractivity contribution >= 4 is 28.1 Å². The summed E-state index contributed by atoms with van der Waals surface area (Å²) in [6.45, 7) is 10.2. The van der Waals surface area contributed by atoms with E-state index < -0.39 is 0 Å². The van der Waals surface area contributed by atoms with Gasteiger partial charge in [0.05, 0.1) is 18.1 Å². The number of morpholine rings is 1. The average Bonchev–Trinajstić information content (AvgIpc) is 3.02. The van der Waals surface area contributed by atoms with E-state index >= 15 is 0 Å². The smallest absolute Gasteiger partial charge is 0.187 e. The highest BCUT2D eigenvalue weighted by atomic mass is 35.5. The number of halogens is 1. The molecular formula is C18H24ClN5OS. The van der Waals surface area contributed by atoms with Gasteiger partial charge in [-0.1, -0.05) is 36.8 Å². The zero-order valence-corrected chi connectivity index (χ0v) is 16.8. The summed E-state index contributed by atoms with van der Waals surface area (Å²) in [6.07, 6.45) is 2.96. The van der Waals surface area contributed by atoms with Gasteiger partial charge >= 0.3 is 0 Å². The first-order valence-corrected chi connectivity index (χ1v) is 10.3. The molecule has 0 N–H and O–H groups in total. The molecule has 4 rings (SSSR count). The van der Waals surface area contributed by atoms with Crippen molar-refractivity contribution in [3.63, 3.8) is 0 Å². The van der Waals surface area contributed by atoms with E-state index in [9.17, 15) is 0 Å². The second-order valence-corrected chi connectivity index (χ2v) is 8.55. The van der Waals surface area contributed by atoms with Gasteiger partial charge in [-0.2, -0.15) is 0 Å². The molecule has 2 aromatic rings. The fraction of sp³-hybridized carbons (Fsp3) is 0.611. The summed E-state index contributed by atoms with van der Waals surface area (Å²) >= 11 is 8.13. The summed E-state index contributed by atoms with van der Waals surface area (Å²) < 4.78 is 5.42. The van der Waals surface area contributed by atoms with Crippen LogP contribution in [0, 0.1) is 0 Å². The second kappa shape index (κ2) is 7.76. The highest BCUT2D eigenvalue weighted by molar-refractivity contribution is 7.16. The van der Waals surface area contributed by atoms with Gasteiger partial charge < -0.3 is 9.64 Å². The summed E-state index contributed by atoms with van der Waals surface area (Å²) in [6, 6.07) is 0. The Hall–Kier alpha value is -1.28. The largest absolute Gasteiger partial charge is 0.378 e. The molecule has 0 aliphatic carbocycles. The fourth-order valence-corrected chi connectivity index (χ4v) is 4.67. The molecule has 2 aliphatic heterocycles.